The summed E-state index contributed by atoms with van der Waals surface area (Å²) in [6, 6.07) is 8.85. The molecule has 2 aromatic heterocycles. The SMILES string of the molecule is COc1ccccc1[C@H](NC(=O)c1occc1C)c1nccn1C. The van der Waals surface area contributed by atoms with Crippen molar-refractivity contribution < 1.29 is 13.9 Å². The second-order valence-corrected chi connectivity index (χ2v) is 5.48. The molecule has 124 valence electrons. The van der Waals surface area contributed by atoms with Gasteiger partial charge in [0.15, 0.2) is 5.76 Å². The molecule has 0 aliphatic heterocycles. The number of furan rings is 1. The van der Waals surface area contributed by atoms with Crippen LogP contribution in [0.2, 0.25) is 0 Å². The van der Waals surface area contributed by atoms with Crippen LogP contribution in [0.1, 0.15) is 33.5 Å². The first-order chi connectivity index (χ1) is 11.6. The number of carbonyl (C=O) groups excluding carboxylic acids is 1. The van der Waals surface area contributed by atoms with E-state index in [2.05, 4.69) is 10.3 Å². The summed E-state index contributed by atoms with van der Waals surface area (Å²) in [7, 11) is 3.49. The number of hydrogen-bond acceptors (Lipinski definition) is 4. The number of hydrogen-bond donors (Lipinski definition) is 1. The summed E-state index contributed by atoms with van der Waals surface area (Å²) in [4.78, 5) is 17.0. The van der Waals surface area contributed by atoms with E-state index in [4.69, 9.17) is 9.15 Å². The first kappa shape index (κ1) is 15.9. The molecule has 1 N–H and O–H groups in total. The van der Waals surface area contributed by atoms with E-state index in [9.17, 15) is 4.79 Å². The fraction of sp³-hybridized carbons (Fsp3) is 0.222. The number of para-hydroxylation sites is 1. The Kier molecular flexibility index (Phi) is 4.37. The number of aryl methyl sites for hydroxylation is 2. The number of benzene rings is 1. The molecule has 0 aliphatic carbocycles. The molecule has 6 nitrogen and oxygen atoms in total. The Balaban J connectivity index is 2.02. The van der Waals surface area contributed by atoms with Gasteiger partial charge in [-0.2, -0.15) is 0 Å². The summed E-state index contributed by atoms with van der Waals surface area (Å²) in [5.74, 6) is 1.39. The highest BCUT2D eigenvalue weighted by atomic mass is 16.5. The minimum Gasteiger partial charge on any atom is -0.496 e. The zero-order chi connectivity index (χ0) is 17.1. The van der Waals surface area contributed by atoms with Crippen LogP contribution < -0.4 is 10.1 Å². The van der Waals surface area contributed by atoms with Gasteiger partial charge in [0, 0.05) is 30.6 Å². The van der Waals surface area contributed by atoms with Crippen LogP contribution in [0.4, 0.5) is 0 Å². The van der Waals surface area contributed by atoms with Crippen molar-refractivity contribution in [1.29, 1.82) is 0 Å². The molecule has 0 saturated heterocycles. The van der Waals surface area contributed by atoms with Crippen LogP contribution in [0.3, 0.4) is 0 Å². The first-order valence-corrected chi connectivity index (χ1v) is 7.57. The van der Waals surface area contributed by atoms with Gasteiger partial charge in [-0.3, -0.25) is 4.79 Å². The summed E-state index contributed by atoms with van der Waals surface area (Å²) < 4.78 is 12.6. The Labute approximate surface area is 140 Å². The Morgan fingerprint density at radius 1 is 1.33 bits per heavy atom. The maximum absolute atomic E-state index is 12.6. The van der Waals surface area contributed by atoms with Gasteiger partial charge in [0.2, 0.25) is 0 Å². The van der Waals surface area contributed by atoms with Crippen molar-refractivity contribution in [3.8, 4) is 5.75 Å². The highest BCUT2D eigenvalue weighted by Crippen LogP contribution is 2.29. The molecule has 1 amide bonds. The molecule has 2 heterocycles. The fourth-order valence-electron chi connectivity index (χ4n) is 2.64. The van der Waals surface area contributed by atoms with Crippen LogP contribution in [0.25, 0.3) is 0 Å². The van der Waals surface area contributed by atoms with Crippen molar-refractivity contribution in [3.05, 3.63) is 71.7 Å². The fourth-order valence-corrected chi connectivity index (χ4v) is 2.64. The van der Waals surface area contributed by atoms with E-state index in [1.165, 1.54) is 6.26 Å². The normalized spacial score (nSPS) is 12.0. The van der Waals surface area contributed by atoms with Gasteiger partial charge in [-0.05, 0) is 19.1 Å². The third-order valence-corrected chi connectivity index (χ3v) is 3.91. The molecule has 0 fully saturated rings. The van der Waals surface area contributed by atoms with Gasteiger partial charge in [-0.15, -0.1) is 0 Å². The number of aromatic nitrogens is 2. The van der Waals surface area contributed by atoms with Crippen LogP contribution in [0.5, 0.6) is 5.75 Å². The predicted octanol–water partition coefficient (Wildman–Crippen LogP) is 2.85. The van der Waals surface area contributed by atoms with Gasteiger partial charge in [0.25, 0.3) is 5.91 Å². The molecule has 3 aromatic rings. The molecule has 1 aromatic carbocycles. The van der Waals surface area contributed by atoms with E-state index in [1.807, 2.05) is 49.0 Å². The van der Waals surface area contributed by atoms with Crippen LogP contribution in [-0.4, -0.2) is 22.6 Å². The van der Waals surface area contributed by atoms with Crippen molar-refractivity contribution in [2.45, 2.75) is 13.0 Å². The van der Waals surface area contributed by atoms with Crippen molar-refractivity contribution >= 4 is 5.91 Å². The summed E-state index contributed by atoms with van der Waals surface area (Å²) in [6.07, 6.45) is 5.03. The third-order valence-electron chi connectivity index (χ3n) is 3.91. The molecule has 0 saturated carbocycles. The van der Waals surface area contributed by atoms with E-state index in [0.717, 1.165) is 11.1 Å². The van der Waals surface area contributed by atoms with E-state index in [-0.39, 0.29) is 5.91 Å². The molecular weight excluding hydrogens is 306 g/mol. The van der Waals surface area contributed by atoms with Crippen LogP contribution in [0.15, 0.2) is 53.4 Å². The lowest BCUT2D eigenvalue weighted by atomic mass is 10.0. The number of nitrogens with zero attached hydrogens (tertiary/aromatic N) is 2. The van der Waals surface area contributed by atoms with Gasteiger partial charge in [-0.25, -0.2) is 4.98 Å². The van der Waals surface area contributed by atoms with Gasteiger partial charge in [-0.1, -0.05) is 18.2 Å². The highest BCUT2D eigenvalue weighted by molar-refractivity contribution is 5.93. The van der Waals surface area contributed by atoms with Gasteiger partial charge in [0.05, 0.1) is 13.4 Å². The molecule has 0 unspecified atom stereocenters. The topological polar surface area (TPSA) is 69.3 Å². The molecule has 6 heteroatoms. The van der Waals surface area contributed by atoms with E-state index >= 15 is 0 Å². The van der Waals surface area contributed by atoms with Crippen LogP contribution >= 0.6 is 0 Å². The standard InChI is InChI=1S/C18H19N3O3/c1-12-8-11-24-16(12)18(22)20-15(17-19-9-10-21(17)2)13-6-4-5-7-14(13)23-3/h4-11,15H,1-3H3,(H,20,22)/t15-/m0/s1. The quantitative estimate of drug-likeness (QED) is 0.783. The third kappa shape index (κ3) is 2.90. The predicted molar refractivity (Wildman–Crippen MR) is 89.0 cm³/mol. The zero-order valence-corrected chi connectivity index (χ0v) is 13.8. The average molecular weight is 325 g/mol. The number of imidazole rings is 1. The molecule has 0 radical (unpaired) electrons. The van der Waals surface area contributed by atoms with Crippen LogP contribution in [-0.2, 0) is 7.05 Å². The largest absolute Gasteiger partial charge is 0.496 e. The Hall–Kier alpha value is -3.02. The summed E-state index contributed by atoms with van der Waals surface area (Å²) in [5.41, 5.74) is 1.61. The molecule has 24 heavy (non-hydrogen) atoms. The highest BCUT2D eigenvalue weighted by Gasteiger charge is 2.25. The summed E-state index contributed by atoms with van der Waals surface area (Å²) in [6.45, 7) is 1.83. The van der Waals surface area contributed by atoms with Crippen molar-refractivity contribution in [1.82, 2.24) is 14.9 Å². The van der Waals surface area contributed by atoms with Crippen molar-refractivity contribution in [3.63, 3.8) is 0 Å². The van der Waals surface area contributed by atoms with E-state index in [1.54, 1.807) is 19.4 Å². The summed E-state index contributed by atoms with van der Waals surface area (Å²) in [5, 5.41) is 3.00. The molecule has 3 rings (SSSR count). The number of rotatable bonds is 5. The Bertz CT molecular complexity index is 851. The molecule has 1 atom stereocenters. The second-order valence-electron chi connectivity index (χ2n) is 5.48. The first-order valence-electron chi connectivity index (χ1n) is 7.57. The summed E-state index contributed by atoms with van der Waals surface area (Å²) >= 11 is 0. The van der Waals surface area contributed by atoms with Crippen LogP contribution in [0, 0.1) is 6.92 Å². The smallest absolute Gasteiger partial charge is 0.288 e. The second kappa shape index (κ2) is 6.62. The number of amides is 1. The minimum absolute atomic E-state index is 0.295. The average Bonchev–Trinajstić information content (AvgIpc) is 3.21. The van der Waals surface area contributed by atoms with Gasteiger partial charge in [0.1, 0.15) is 17.6 Å². The molecule has 0 aliphatic rings. The number of methoxy groups -OCH3 is 1. The van der Waals surface area contributed by atoms with E-state index < -0.39 is 6.04 Å². The maximum atomic E-state index is 12.6. The lowest BCUT2D eigenvalue weighted by Crippen LogP contribution is -2.31. The van der Waals surface area contributed by atoms with E-state index in [0.29, 0.717) is 17.3 Å². The van der Waals surface area contributed by atoms with Gasteiger partial charge >= 0.3 is 0 Å². The maximum Gasteiger partial charge on any atom is 0.288 e. The number of carbonyl (C=O) groups is 1. The van der Waals surface area contributed by atoms with Crippen molar-refractivity contribution in [2.75, 3.05) is 7.11 Å². The lowest BCUT2D eigenvalue weighted by molar-refractivity contribution is 0.0912. The number of ether oxygens (including phenoxy) is 1. The Morgan fingerprint density at radius 2 is 2.12 bits per heavy atom. The molecular formula is C18H19N3O3. The zero-order valence-electron chi connectivity index (χ0n) is 13.8. The monoisotopic (exact) mass is 325 g/mol. The Morgan fingerprint density at radius 3 is 2.75 bits per heavy atom. The molecule has 0 bridgehead atoms. The van der Waals surface area contributed by atoms with Gasteiger partial charge < -0.3 is 19.0 Å². The number of nitrogens with one attached hydrogen (secondary N) is 1. The molecule has 0 spiro atoms. The minimum atomic E-state index is -0.460. The lowest BCUT2D eigenvalue weighted by Gasteiger charge is -2.20. The van der Waals surface area contributed by atoms with Crippen molar-refractivity contribution in [2.24, 2.45) is 7.05 Å².